The summed E-state index contributed by atoms with van der Waals surface area (Å²) in [7, 11) is 1.60. The van der Waals surface area contributed by atoms with E-state index in [1.54, 1.807) is 26.1 Å². The van der Waals surface area contributed by atoms with Gasteiger partial charge in [0.05, 0.1) is 25.2 Å². The molecule has 0 saturated carbocycles. The molecule has 0 aromatic rings. The standard InChI is InChI=1S/C23H38N4O6/c1-16(2)19(29)22(5)9-10-26(6)20(30)32-11-7-8-12-33-21(31)27-14-23(15-27,25-17(3)4)18(28)13-24-22/h7-8,16-17,24-25H,9-15H2,1-6H3/b8-7+/t22-/m1/s1. The van der Waals surface area contributed by atoms with Crippen LogP contribution in [0.3, 0.4) is 0 Å². The summed E-state index contributed by atoms with van der Waals surface area (Å²) in [5.74, 6) is -0.425. The van der Waals surface area contributed by atoms with Crippen molar-refractivity contribution in [1.82, 2.24) is 20.4 Å². The molecule has 0 aromatic heterocycles. The first-order chi connectivity index (χ1) is 15.4. The van der Waals surface area contributed by atoms with Gasteiger partial charge >= 0.3 is 12.2 Å². The number of Topliss-reactive ketones (excluding diaryl/α,β-unsaturated/α-hetero) is 2. The number of amides is 2. The molecule has 2 bridgehead atoms. The highest BCUT2D eigenvalue weighted by molar-refractivity contribution is 5.95. The Balaban J connectivity index is 2.26. The lowest BCUT2D eigenvalue weighted by atomic mass is 9.82. The van der Waals surface area contributed by atoms with Gasteiger partial charge in [0.1, 0.15) is 18.8 Å². The van der Waals surface area contributed by atoms with Gasteiger partial charge in [0.25, 0.3) is 0 Å². The van der Waals surface area contributed by atoms with Crippen molar-refractivity contribution in [2.45, 2.75) is 58.2 Å². The van der Waals surface area contributed by atoms with Crippen LogP contribution >= 0.6 is 0 Å². The third-order valence-electron chi connectivity index (χ3n) is 6.02. The summed E-state index contributed by atoms with van der Waals surface area (Å²) in [5, 5.41) is 6.47. The van der Waals surface area contributed by atoms with Crippen molar-refractivity contribution in [2.75, 3.05) is 46.4 Å². The van der Waals surface area contributed by atoms with E-state index in [1.807, 2.05) is 27.7 Å². The fourth-order valence-electron chi connectivity index (χ4n) is 4.07. The highest BCUT2D eigenvalue weighted by Crippen LogP contribution is 2.25. The Labute approximate surface area is 196 Å². The zero-order chi connectivity index (χ0) is 24.8. The molecule has 0 spiro atoms. The molecule has 33 heavy (non-hydrogen) atoms. The normalized spacial score (nSPS) is 29.2. The van der Waals surface area contributed by atoms with Crippen LogP contribution in [0.15, 0.2) is 12.2 Å². The minimum Gasteiger partial charge on any atom is -0.445 e. The number of nitrogens with one attached hydrogen (secondary N) is 2. The van der Waals surface area contributed by atoms with Crippen molar-refractivity contribution in [2.24, 2.45) is 5.92 Å². The van der Waals surface area contributed by atoms with Crippen LogP contribution in [0.1, 0.15) is 41.0 Å². The molecule has 10 nitrogen and oxygen atoms in total. The zero-order valence-corrected chi connectivity index (χ0v) is 20.6. The summed E-state index contributed by atoms with van der Waals surface area (Å²) in [6, 6.07) is 0.0243. The Morgan fingerprint density at radius 2 is 1.64 bits per heavy atom. The van der Waals surface area contributed by atoms with Crippen molar-refractivity contribution >= 4 is 23.8 Å². The smallest absolute Gasteiger partial charge is 0.410 e. The molecule has 1 saturated heterocycles. The Morgan fingerprint density at radius 3 is 2.18 bits per heavy atom. The van der Waals surface area contributed by atoms with Gasteiger partial charge in [-0.25, -0.2) is 9.59 Å². The summed E-state index contributed by atoms with van der Waals surface area (Å²) in [6.45, 7) is 9.96. The molecule has 3 rings (SSSR count). The molecule has 0 aliphatic carbocycles. The third kappa shape index (κ3) is 6.77. The number of hydrogen-bond acceptors (Lipinski definition) is 8. The second-order valence-corrected chi connectivity index (χ2v) is 9.66. The lowest BCUT2D eigenvalue weighted by Crippen LogP contribution is -2.76. The van der Waals surface area contributed by atoms with Gasteiger partial charge in [-0.15, -0.1) is 0 Å². The third-order valence-corrected chi connectivity index (χ3v) is 6.02. The minimum atomic E-state index is -1.01. The zero-order valence-electron chi connectivity index (χ0n) is 20.6. The van der Waals surface area contributed by atoms with Gasteiger partial charge in [0.2, 0.25) is 0 Å². The molecule has 10 heteroatoms. The molecule has 1 atom stereocenters. The van der Waals surface area contributed by atoms with Gasteiger partial charge in [-0.05, 0) is 39.3 Å². The molecule has 0 unspecified atom stereocenters. The maximum absolute atomic E-state index is 13.3. The summed E-state index contributed by atoms with van der Waals surface area (Å²) in [4.78, 5) is 53.7. The van der Waals surface area contributed by atoms with Crippen LogP contribution in [0, 0.1) is 5.92 Å². The molecule has 0 aromatic carbocycles. The Hall–Kier alpha value is -2.46. The van der Waals surface area contributed by atoms with Crippen LogP contribution in [0.4, 0.5) is 9.59 Å². The van der Waals surface area contributed by atoms with Crippen molar-refractivity contribution in [3.05, 3.63) is 12.2 Å². The van der Waals surface area contributed by atoms with Crippen LogP contribution in [-0.2, 0) is 19.1 Å². The lowest BCUT2D eigenvalue weighted by Gasteiger charge is -2.49. The molecule has 186 valence electrons. The van der Waals surface area contributed by atoms with Gasteiger partial charge in [-0.2, -0.15) is 0 Å². The van der Waals surface area contributed by atoms with Gasteiger partial charge < -0.3 is 19.3 Å². The van der Waals surface area contributed by atoms with Gasteiger partial charge in [-0.1, -0.05) is 13.8 Å². The van der Waals surface area contributed by atoms with E-state index in [1.165, 1.54) is 9.80 Å². The van der Waals surface area contributed by atoms with E-state index >= 15 is 0 Å². The van der Waals surface area contributed by atoms with E-state index in [2.05, 4.69) is 10.6 Å². The summed E-state index contributed by atoms with van der Waals surface area (Å²) in [6.07, 6.45) is 2.48. The van der Waals surface area contributed by atoms with Crippen LogP contribution in [0.5, 0.6) is 0 Å². The predicted molar refractivity (Wildman–Crippen MR) is 123 cm³/mol. The number of carbonyl (C=O) groups is 4. The molecule has 3 aliphatic heterocycles. The second-order valence-electron chi connectivity index (χ2n) is 9.66. The average molecular weight is 467 g/mol. The molecular formula is C23H38N4O6. The van der Waals surface area contributed by atoms with Crippen LogP contribution in [-0.4, -0.2) is 97.1 Å². The molecule has 0 radical (unpaired) electrons. The second kappa shape index (κ2) is 11.1. The summed E-state index contributed by atoms with van der Waals surface area (Å²) in [5.41, 5.74) is -1.91. The number of nitrogens with zero attached hydrogens (tertiary/aromatic N) is 2. The quantitative estimate of drug-likeness (QED) is 0.596. The highest BCUT2D eigenvalue weighted by atomic mass is 16.6. The van der Waals surface area contributed by atoms with Crippen LogP contribution < -0.4 is 10.6 Å². The minimum absolute atomic E-state index is 0.0243. The monoisotopic (exact) mass is 466 g/mol. The van der Waals surface area contributed by atoms with Crippen molar-refractivity contribution in [1.29, 1.82) is 0 Å². The number of hydrogen-bond donors (Lipinski definition) is 2. The van der Waals surface area contributed by atoms with E-state index in [0.717, 1.165) is 0 Å². The van der Waals surface area contributed by atoms with E-state index in [4.69, 9.17) is 9.47 Å². The fraction of sp³-hybridized carbons (Fsp3) is 0.739. The van der Waals surface area contributed by atoms with E-state index in [0.29, 0.717) is 6.42 Å². The number of rotatable bonds is 4. The molecule has 2 amide bonds. The average Bonchev–Trinajstić information content (AvgIpc) is 2.72. The number of ketones is 2. The Bertz CT molecular complexity index is 775. The topological polar surface area (TPSA) is 117 Å². The summed E-state index contributed by atoms with van der Waals surface area (Å²) < 4.78 is 10.4. The predicted octanol–water partition coefficient (Wildman–Crippen LogP) is 1.35. The molecule has 1 fully saturated rings. The van der Waals surface area contributed by atoms with Crippen molar-refractivity contribution in [3.8, 4) is 0 Å². The number of carbonyl (C=O) groups excluding carboxylic acids is 4. The van der Waals surface area contributed by atoms with Crippen LogP contribution in [0.2, 0.25) is 0 Å². The van der Waals surface area contributed by atoms with Gasteiger partial charge in [-0.3, -0.25) is 20.2 Å². The van der Waals surface area contributed by atoms with Gasteiger partial charge in [0.15, 0.2) is 11.6 Å². The summed E-state index contributed by atoms with van der Waals surface area (Å²) >= 11 is 0. The highest BCUT2D eigenvalue weighted by Gasteiger charge is 2.51. The maximum atomic E-state index is 13.3. The maximum Gasteiger partial charge on any atom is 0.410 e. The lowest BCUT2D eigenvalue weighted by molar-refractivity contribution is -0.133. The van der Waals surface area contributed by atoms with Gasteiger partial charge in [0, 0.05) is 25.6 Å². The van der Waals surface area contributed by atoms with E-state index < -0.39 is 23.3 Å². The Morgan fingerprint density at radius 1 is 1.06 bits per heavy atom. The molecule has 2 N–H and O–H groups in total. The molecular weight excluding hydrogens is 428 g/mol. The molecule has 3 aliphatic rings. The van der Waals surface area contributed by atoms with E-state index in [9.17, 15) is 19.2 Å². The SMILES string of the molecule is CC(C)NC12CN(C1)C(=O)OC/C=C/COC(=O)N(C)CC[C@](C)(C(=O)C(C)C)NCC2=O. The van der Waals surface area contributed by atoms with Crippen molar-refractivity contribution < 1.29 is 28.7 Å². The Kier molecular flexibility index (Phi) is 9.02. The van der Waals surface area contributed by atoms with Crippen LogP contribution in [0.25, 0.3) is 0 Å². The number of ether oxygens (including phenoxy) is 2. The number of fused-ring (bicyclic) bond motifs is 13. The largest absolute Gasteiger partial charge is 0.445 e. The fourth-order valence-corrected chi connectivity index (χ4v) is 4.07. The van der Waals surface area contributed by atoms with Crippen molar-refractivity contribution in [3.63, 3.8) is 0 Å². The first-order valence-electron chi connectivity index (χ1n) is 11.4. The first-order valence-corrected chi connectivity index (χ1v) is 11.4. The van der Waals surface area contributed by atoms with E-state index in [-0.39, 0.29) is 62.9 Å². The first kappa shape index (κ1) is 26.8. The molecule has 3 heterocycles.